The van der Waals surface area contributed by atoms with Gasteiger partial charge in [-0.3, -0.25) is 4.79 Å². The zero-order chi connectivity index (χ0) is 25.8. The second-order valence-electron chi connectivity index (χ2n) is 7.72. The molecule has 4 rings (SSSR count). The van der Waals surface area contributed by atoms with Crippen LogP contribution in [0.4, 0.5) is 0 Å². The SMILES string of the molecule is CCc1nc2ccc(Br)cc2c(=O)n1N=Cc1cc(OC)c(OCc2ccc(C(=O)O)cc2)cc1Br. The monoisotopic (exact) mass is 613 g/mol. The molecule has 184 valence electrons. The van der Waals surface area contributed by atoms with E-state index in [0.717, 1.165) is 10.0 Å². The van der Waals surface area contributed by atoms with E-state index in [1.807, 2.05) is 13.0 Å². The number of carbonyl (C=O) groups is 1. The maximum Gasteiger partial charge on any atom is 0.335 e. The van der Waals surface area contributed by atoms with Crippen LogP contribution in [0.15, 0.2) is 73.4 Å². The van der Waals surface area contributed by atoms with E-state index in [2.05, 4.69) is 41.9 Å². The van der Waals surface area contributed by atoms with Crippen LogP contribution in [0.25, 0.3) is 10.9 Å². The van der Waals surface area contributed by atoms with Crippen molar-refractivity contribution in [2.24, 2.45) is 5.10 Å². The average Bonchev–Trinajstić information content (AvgIpc) is 2.88. The zero-order valence-corrected chi connectivity index (χ0v) is 22.5. The van der Waals surface area contributed by atoms with E-state index in [9.17, 15) is 9.59 Å². The topological polar surface area (TPSA) is 103 Å². The molecule has 0 saturated heterocycles. The molecule has 36 heavy (non-hydrogen) atoms. The van der Waals surface area contributed by atoms with Gasteiger partial charge in [-0.05, 0) is 64.0 Å². The molecule has 0 aliphatic carbocycles. The van der Waals surface area contributed by atoms with Crippen molar-refractivity contribution < 1.29 is 19.4 Å². The molecule has 0 amide bonds. The fourth-order valence-corrected chi connectivity index (χ4v) is 4.28. The predicted octanol–water partition coefficient (Wildman–Crippen LogP) is 5.65. The lowest BCUT2D eigenvalue weighted by Gasteiger charge is -2.13. The summed E-state index contributed by atoms with van der Waals surface area (Å²) in [6, 6.07) is 15.3. The Kier molecular flexibility index (Phi) is 7.85. The third-order valence-corrected chi connectivity index (χ3v) is 6.56. The van der Waals surface area contributed by atoms with Gasteiger partial charge in [-0.15, -0.1) is 0 Å². The average molecular weight is 615 g/mol. The third-order valence-electron chi connectivity index (χ3n) is 5.38. The molecular weight excluding hydrogens is 594 g/mol. The molecule has 0 fully saturated rings. The van der Waals surface area contributed by atoms with Crippen LogP contribution in [0.1, 0.15) is 34.2 Å². The first-order valence-electron chi connectivity index (χ1n) is 10.9. The van der Waals surface area contributed by atoms with Crippen LogP contribution in [-0.2, 0) is 13.0 Å². The highest BCUT2D eigenvalue weighted by molar-refractivity contribution is 9.10. The zero-order valence-electron chi connectivity index (χ0n) is 19.4. The van der Waals surface area contributed by atoms with E-state index in [1.165, 1.54) is 23.9 Å². The van der Waals surface area contributed by atoms with Gasteiger partial charge in [-0.25, -0.2) is 9.78 Å². The summed E-state index contributed by atoms with van der Waals surface area (Å²) in [6.07, 6.45) is 2.09. The van der Waals surface area contributed by atoms with E-state index in [-0.39, 0.29) is 17.7 Å². The molecule has 1 heterocycles. The second-order valence-corrected chi connectivity index (χ2v) is 9.49. The number of hydrogen-bond acceptors (Lipinski definition) is 6. The van der Waals surface area contributed by atoms with Gasteiger partial charge >= 0.3 is 5.97 Å². The van der Waals surface area contributed by atoms with Crippen LogP contribution in [0.5, 0.6) is 11.5 Å². The van der Waals surface area contributed by atoms with Gasteiger partial charge in [0.05, 0.1) is 29.8 Å². The highest BCUT2D eigenvalue weighted by atomic mass is 79.9. The highest BCUT2D eigenvalue weighted by Crippen LogP contribution is 2.33. The number of halogens is 2. The minimum Gasteiger partial charge on any atom is -0.493 e. The number of aromatic carboxylic acids is 1. The summed E-state index contributed by atoms with van der Waals surface area (Å²) in [5.74, 6) is 0.534. The van der Waals surface area contributed by atoms with Gasteiger partial charge in [0.2, 0.25) is 0 Å². The number of hydrogen-bond donors (Lipinski definition) is 1. The Hall–Kier alpha value is -3.50. The summed E-state index contributed by atoms with van der Waals surface area (Å²) in [5.41, 5.74) is 2.06. The number of rotatable bonds is 8. The Morgan fingerprint density at radius 1 is 1.11 bits per heavy atom. The molecule has 0 saturated carbocycles. The van der Waals surface area contributed by atoms with Gasteiger partial charge in [0.1, 0.15) is 12.4 Å². The lowest BCUT2D eigenvalue weighted by molar-refractivity contribution is 0.0697. The number of carboxylic acid groups (broad SMARTS) is 1. The molecule has 3 aromatic carbocycles. The summed E-state index contributed by atoms with van der Waals surface area (Å²) in [7, 11) is 1.53. The number of carboxylic acids is 1. The molecule has 0 radical (unpaired) electrons. The summed E-state index contributed by atoms with van der Waals surface area (Å²) in [5, 5.41) is 13.9. The van der Waals surface area contributed by atoms with Crippen LogP contribution in [0.2, 0.25) is 0 Å². The quantitative estimate of drug-likeness (QED) is 0.257. The van der Waals surface area contributed by atoms with E-state index >= 15 is 0 Å². The van der Waals surface area contributed by atoms with Crippen molar-refractivity contribution in [2.45, 2.75) is 20.0 Å². The maximum atomic E-state index is 13.1. The smallest absolute Gasteiger partial charge is 0.335 e. The Morgan fingerprint density at radius 2 is 1.86 bits per heavy atom. The van der Waals surface area contributed by atoms with E-state index in [0.29, 0.717) is 44.7 Å². The molecular formula is C26H21Br2N3O5. The molecule has 0 aliphatic rings. The molecule has 0 atom stereocenters. The number of methoxy groups -OCH3 is 1. The predicted molar refractivity (Wildman–Crippen MR) is 145 cm³/mol. The minimum atomic E-state index is -0.981. The van der Waals surface area contributed by atoms with Crippen LogP contribution in [0, 0.1) is 0 Å². The normalized spacial score (nSPS) is 11.2. The van der Waals surface area contributed by atoms with Crippen LogP contribution < -0.4 is 15.0 Å². The van der Waals surface area contributed by atoms with Gasteiger partial charge in [0.15, 0.2) is 11.5 Å². The number of aryl methyl sites for hydroxylation is 1. The Balaban J connectivity index is 1.62. The van der Waals surface area contributed by atoms with Crippen molar-refractivity contribution in [1.82, 2.24) is 9.66 Å². The summed E-state index contributed by atoms with van der Waals surface area (Å²) in [6.45, 7) is 2.14. The molecule has 1 N–H and O–H groups in total. The first kappa shape index (κ1) is 25.6. The van der Waals surface area contributed by atoms with E-state index in [1.54, 1.807) is 42.6 Å². The molecule has 0 spiro atoms. The molecule has 0 bridgehead atoms. The fourth-order valence-electron chi connectivity index (χ4n) is 3.49. The van der Waals surface area contributed by atoms with Crippen LogP contribution >= 0.6 is 31.9 Å². The number of ether oxygens (including phenoxy) is 2. The largest absolute Gasteiger partial charge is 0.493 e. The van der Waals surface area contributed by atoms with Gasteiger partial charge in [0.25, 0.3) is 5.56 Å². The first-order chi connectivity index (χ1) is 17.3. The molecule has 10 heteroatoms. The number of fused-ring (bicyclic) bond motifs is 1. The Morgan fingerprint density at radius 3 is 2.53 bits per heavy atom. The molecule has 1 aromatic heterocycles. The number of nitrogens with zero attached hydrogens (tertiary/aromatic N) is 3. The molecule has 0 unspecified atom stereocenters. The number of aromatic nitrogens is 2. The third kappa shape index (κ3) is 5.50. The summed E-state index contributed by atoms with van der Waals surface area (Å²) >= 11 is 6.94. The Bertz CT molecular complexity index is 1530. The van der Waals surface area contributed by atoms with Gasteiger partial charge in [-0.2, -0.15) is 9.78 Å². The van der Waals surface area contributed by atoms with Crippen molar-refractivity contribution in [3.8, 4) is 11.5 Å². The van der Waals surface area contributed by atoms with Crippen molar-refractivity contribution in [2.75, 3.05) is 7.11 Å². The fraction of sp³-hybridized carbons (Fsp3) is 0.154. The van der Waals surface area contributed by atoms with Crippen molar-refractivity contribution in [3.05, 3.63) is 96.4 Å². The van der Waals surface area contributed by atoms with Gasteiger partial charge in [-0.1, -0.05) is 35.0 Å². The van der Waals surface area contributed by atoms with E-state index in [4.69, 9.17) is 14.6 Å². The standard InChI is InChI=1S/C26H21Br2N3O5/c1-3-24-30-21-9-8-18(27)11-19(21)25(32)31(24)29-13-17-10-22(35-2)23(12-20(17)28)36-14-15-4-6-16(7-5-15)26(33)34/h4-13H,3,14H2,1-2H3,(H,33,34). The lowest BCUT2D eigenvalue weighted by Crippen LogP contribution is -2.22. The van der Waals surface area contributed by atoms with Crippen LogP contribution in [0.3, 0.4) is 0 Å². The van der Waals surface area contributed by atoms with E-state index < -0.39 is 5.97 Å². The first-order valence-corrected chi connectivity index (χ1v) is 12.5. The molecule has 8 nitrogen and oxygen atoms in total. The summed E-state index contributed by atoms with van der Waals surface area (Å²) < 4.78 is 14.2. The van der Waals surface area contributed by atoms with Crippen molar-refractivity contribution in [1.29, 1.82) is 0 Å². The van der Waals surface area contributed by atoms with Gasteiger partial charge in [0, 0.05) is 20.9 Å². The second kappa shape index (κ2) is 11.0. The van der Waals surface area contributed by atoms with Crippen LogP contribution in [-0.4, -0.2) is 34.1 Å². The van der Waals surface area contributed by atoms with Crippen molar-refractivity contribution in [3.63, 3.8) is 0 Å². The molecule has 0 aliphatic heterocycles. The lowest BCUT2D eigenvalue weighted by atomic mass is 10.1. The minimum absolute atomic E-state index is 0.210. The van der Waals surface area contributed by atoms with Gasteiger partial charge < -0.3 is 14.6 Å². The Labute approximate surface area is 223 Å². The van der Waals surface area contributed by atoms with Crippen molar-refractivity contribution >= 4 is 54.9 Å². The highest BCUT2D eigenvalue weighted by Gasteiger charge is 2.13. The summed E-state index contributed by atoms with van der Waals surface area (Å²) in [4.78, 5) is 28.7. The number of benzene rings is 3. The maximum absolute atomic E-state index is 13.1. The molecule has 4 aromatic rings.